The minimum atomic E-state index is 0.101. The van der Waals surface area contributed by atoms with Crippen molar-refractivity contribution >= 4 is 0 Å². The highest BCUT2D eigenvalue weighted by molar-refractivity contribution is 5.24. The van der Waals surface area contributed by atoms with Crippen molar-refractivity contribution in [2.24, 2.45) is 11.7 Å². The third-order valence-electron chi connectivity index (χ3n) is 4.95. The molecular formula is C18H30N2. The monoisotopic (exact) mass is 274 g/mol. The Hall–Kier alpha value is -0.860. The zero-order valence-electron chi connectivity index (χ0n) is 13.3. The van der Waals surface area contributed by atoms with Gasteiger partial charge < -0.3 is 10.6 Å². The molecule has 1 saturated carbocycles. The van der Waals surface area contributed by atoms with E-state index in [2.05, 4.69) is 50.1 Å². The van der Waals surface area contributed by atoms with Gasteiger partial charge in [0.25, 0.3) is 0 Å². The lowest BCUT2D eigenvalue weighted by Gasteiger charge is -2.34. The lowest BCUT2D eigenvalue weighted by Crippen LogP contribution is -2.41. The number of rotatable bonds is 5. The Morgan fingerprint density at radius 2 is 1.75 bits per heavy atom. The highest BCUT2D eigenvalue weighted by Gasteiger charge is 2.22. The molecule has 1 aliphatic carbocycles. The number of likely N-dealkylation sites (N-methyl/N-ethyl adjacent to an activating group) is 1. The van der Waals surface area contributed by atoms with Gasteiger partial charge in [-0.15, -0.1) is 0 Å². The van der Waals surface area contributed by atoms with Gasteiger partial charge >= 0.3 is 0 Å². The van der Waals surface area contributed by atoms with Crippen LogP contribution in [0.25, 0.3) is 0 Å². The Morgan fingerprint density at radius 3 is 2.35 bits per heavy atom. The Kier molecular flexibility index (Phi) is 5.62. The van der Waals surface area contributed by atoms with Crippen LogP contribution in [0.1, 0.15) is 56.2 Å². The van der Waals surface area contributed by atoms with Gasteiger partial charge in [-0.2, -0.15) is 0 Å². The first kappa shape index (κ1) is 15.5. The molecule has 0 spiro atoms. The molecule has 0 amide bonds. The number of hydrogen-bond donors (Lipinski definition) is 1. The number of aryl methyl sites for hydroxylation is 1. The summed E-state index contributed by atoms with van der Waals surface area (Å²) in [6, 6.07) is 9.14. The van der Waals surface area contributed by atoms with Gasteiger partial charge in [-0.05, 0) is 45.2 Å². The molecule has 0 saturated heterocycles. The second kappa shape index (κ2) is 7.24. The summed E-state index contributed by atoms with van der Waals surface area (Å²) in [5.74, 6) is 0.876. The van der Waals surface area contributed by atoms with Gasteiger partial charge in [0.05, 0.1) is 0 Å². The Morgan fingerprint density at radius 1 is 1.15 bits per heavy atom. The first-order valence-electron chi connectivity index (χ1n) is 8.10. The molecule has 112 valence electrons. The number of hydrogen-bond acceptors (Lipinski definition) is 2. The van der Waals surface area contributed by atoms with Crippen LogP contribution in [0, 0.1) is 12.8 Å². The molecule has 0 bridgehead atoms. The molecule has 0 aromatic heterocycles. The topological polar surface area (TPSA) is 29.3 Å². The van der Waals surface area contributed by atoms with E-state index in [0.29, 0.717) is 6.04 Å². The van der Waals surface area contributed by atoms with Crippen molar-refractivity contribution < 1.29 is 0 Å². The lowest BCUT2D eigenvalue weighted by molar-refractivity contribution is 0.173. The first-order valence-corrected chi connectivity index (χ1v) is 8.10. The molecule has 2 atom stereocenters. The van der Waals surface area contributed by atoms with E-state index >= 15 is 0 Å². The minimum Gasteiger partial charge on any atom is -0.323 e. The van der Waals surface area contributed by atoms with Crippen LogP contribution >= 0.6 is 0 Å². The van der Waals surface area contributed by atoms with E-state index in [-0.39, 0.29) is 6.04 Å². The molecule has 0 radical (unpaired) electrons. The van der Waals surface area contributed by atoms with Crippen LogP contribution in [-0.4, -0.2) is 24.5 Å². The van der Waals surface area contributed by atoms with E-state index in [0.717, 1.165) is 5.92 Å². The summed E-state index contributed by atoms with van der Waals surface area (Å²) in [5.41, 5.74) is 9.00. The average Bonchev–Trinajstić information content (AvgIpc) is 2.47. The quantitative estimate of drug-likeness (QED) is 0.882. The predicted octanol–water partition coefficient (Wildman–Crippen LogP) is 3.90. The predicted molar refractivity (Wildman–Crippen MR) is 86.8 cm³/mol. The van der Waals surface area contributed by atoms with Crippen molar-refractivity contribution in [3.05, 3.63) is 35.4 Å². The Labute approximate surface area is 124 Å². The van der Waals surface area contributed by atoms with Crippen molar-refractivity contribution in [3.8, 4) is 0 Å². The summed E-state index contributed by atoms with van der Waals surface area (Å²) in [6.07, 6.45) is 7.06. The molecule has 0 aliphatic heterocycles. The molecule has 1 fully saturated rings. The normalized spacial score (nSPS) is 20.1. The molecule has 1 aromatic rings. The molecule has 2 rings (SSSR count). The Bertz CT molecular complexity index is 392. The summed E-state index contributed by atoms with van der Waals surface area (Å²) >= 11 is 0. The summed E-state index contributed by atoms with van der Waals surface area (Å²) < 4.78 is 0. The fraction of sp³-hybridized carbons (Fsp3) is 0.667. The SMILES string of the molecule is Cc1ccc(C(N)C(C)N(C)CC2CCCCC2)cc1. The van der Waals surface area contributed by atoms with Crippen molar-refractivity contribution in [2.75, 3.05) is 13.6 Å². The highest BCUT2D eigenvalue weighted by Crippen LogP contribution is 2.26. The van der Waals surface area contributed by atoms with Crippen molar-refractivity contribution in [1.29, 1.82) is 0 Å². The van der Waals surface area contributed by atoms with Crippen molar-refractivity contribution in [1.82, 2.24) is 4.90 Å². The zero-order valence-corrected chi connectivity index (χ0v) is 13.3. The second-order valence-electron chi connectivity index (χ2n) is 6.62. The maximum absolute atomic E-state index is 6.45. The lowest BCUT2D eigenvalue weighted by atomic mass is 9.88. The summed E-state index contributed by atoms with van der Waals surface area (Å²) in [5, 5.41) is 0. The van der Waals surface area contributed by atoms with Gasteiger partial charge in [-0.3, -0.25) is 0 Å². The number of benzene rings is 1. The molecule has 2 nitrogen and oxygen atoms in total. The Balaban J connectivity index is 1.91. The third-order valence-corrected chi connectivity index (χ3v) is 4.95. The summed E-state index contributed by atoms with van der Waals surface area (Å²) in [7, 11) is 2.23. The van der Waals surface area contributed by atoms with E-state index in [1.807, 2.05) is 0 Å². The molecule has 2 N–H and O–H groups in total. The minimum absolute atomic E-state index is 0.101. The standard InChI is InChI=1S/C18H30N2/c1-14-9-11-17(12-10-14)18(19)15(2)20(3)13-16-7-5-4-6-8-16/h9-12,15-16,18H,4-8,13,19H2,1-3H3. The molecule has 2 unspecified atom stereocenters. The second-order valence-corrected chi connectivity index (χ2v) is 6.62. The van der Waals surface area contributed by atoms with Crippen LogP contribution in [0.15, 0.2) is 24.3 Å². The molecule has 2 heteroatoms. The maximum Gasteiger partial charge on any atom is 0.0450 e. The van der Waals surface area contributed by atoms with Crippen molar-refractivity contribution in [3.63, 3.8) is 0 Å². The maximum atomic E-state index is 6.45. The van der Waals surface area contributed by atoms with Gasteiger partial charge in [-0.25, -0.2) is 0 Å². The fourth-order valence-corrected chi connectivity index (χ4v) is 3.28. The summed E-state index contributed by atoms with van der Waals surface area (Å²) in [6.45, 7) is 5.57. The van der Waals surface area contributed by atoms with Gasteiger partial charge in [0, 0.05) is 18.6 Å². The van der Waals surface area contributed by atoms with Crippen LogP contribution in [0.5, 0.6) is 0 Å². The fourth-order valence-electron chi connectivity index (χ4n) is 3.28. The molecule has 20 heavy (non-hydrogen) atoms. The average molecular weight is 274 g/mol. The van der Waals surface area contributed by atoms with Gasteiger partial charge in [-0.1, -0.05) is 49.1 Å². The third kappa shape index (κ3) is 4.07. The van der Waals surface area contributed by atoms with Gasteiger partial charge in [0.1, 0.15) is 0 Å². The van der Waals surface area contributed by atoms with Crippen LogP contribution in [0.4, 0.5) is 0 Å². The van der Waals surface area contributed by atoms with Crippen LogP contribution in [0.3, 0.4) is 0 Å². The zero-order chi connectivity index (χ0) is 14.5. The highest BCUT2D eigenvalue weighted by atomic mass is 15.1. The smallest absolute Gasteiger partial charge is 0.0450 e. The summed E-state index contributed by atoms with van der Waals surface area (Å²) in [4.78, 5) is 2.46. The molecule has 1 aromatic carbocycles. The van der Waals surface area contributed by atoms with Crippen molar-refractivity contribution in [2.45, 2.75) is 58.0 Å². The van der Waals surface area contributed by atoms with E-state index in [1.165, 1.54) is 49.8 Å². The van der Waals surface area contributed by atoms with E-state index in [4.69, 9.17) is 5.73 Å². The van der Waals surface area contributed by atoms with E-state index in [9.17, 15) is 0 Å². The van der Waals surface area contributed by atoms with Crippen LogP contribution < -0.4 is 5.73 Å². The van der Waals surface area contributed by atoms with Crippen LogP contribution in [0.2, 0.25) is 0 Å². The number of nitrogens with two attached hydrogens (primary N) is 1. The largest absolute Gasteiger partial charge is 0.323 e. The molecular weight excluding hydrogens is 244 g/mol. The number of nitrogens with zero attached hydrogens (tertiary/aromatic N) is 1. The van der Waals surface area contributed by atoms with Gasteiger partial charge in [0.15, 0.2) is 0 Å². The van der Waals surface area contributed by atoms with Gasteiger partial charge in [0.2, 0.25) is 0 Å². The molecule has 0 heterocycles. The van der Waals surface area contributed by atoms with E-state index in [1.54, 1.807) is 0 Å². The first-order chi connectivity index (χ1) is 9.58. The van der Waals surface area contributed by atoms with Crippen LogP contribution in [-0.2, 0) is 0 Å². The van der Waals surface area contributed by atoms with E-state index < -0.39 is 0 Å². The molecule has 1 aliphatic rings.